The molecule has 0 amide bonds. The van der Waals surface area contributed by atoms with Crippen LogP contribution >= 0.6 is 0 Å². The molecule has 2 unspecified atom stereocenters. The van der Waals surface area contributed by atoms with Crippen LogP contribution < -0.4 is 11.5 Å². The minimum absolute atomic E-state index is 0.145. The summed E-state index contributed by atoms with van der Waals surface area (Å²) in [5, 5.41) is 121. The Kier molecular flexibility index (Phi) is 28.7. The summed E-state index contributed by atoms with van der Waals surface area (Å²) >= 11 is 0. The van der Waals surface area contributed by atoms with Gasteiger partial charge in [0.15, 0.2) is 12.1 Å². The van der Waals surface area contributed by atoms with Crippen LogP contribution in [-0.2, 0) is 28.5 Å². The van der Waals surface area contributed by atoms with Crippen LogP contribution in [0.3, 0.4) is 0 Å². The van der Waals surface area contributed by atoms with E-state index in [1.165, 1.54) is 0 Å². The number of nitrogens with zero attached hydrogens (tertiary/aromatic N) is 1. The number of hydrogen-bond donors (Lipinski definition) is 13. The van der Waals surface area contributed by atoms with E-state index in [-0.39, 0.29) is 38.0 Å². The number of rotatable bonds is 10. The third kappa shape index (κ3) is 21.9. The number of carbonyl (C=O) groups excluding carboxylic acids is 1. The Hall–Kier alpha value is -3.52. The molecule has 0 saturated carbocycles. The van der Waals surface area contributed by atoms with E-state index in [1.807, 2.05) is 42.2 Å². The van der Waals surface area contributed by atoms with Gasteiger partial charge >= 0.3 is 11.9 Å². The van der Waals surface area contributed by atoms with Gasteiger partial charge in [-0.1, -0.05) is 98.9 Å². The van der Waals surface area contributed by atoms with Gasteiger partial charge in [0.25, 0.3) is 0 Å². The monoisotopic (exact) mass is 1040 g/mol. The Morgan fingerprint density at radius 2 is 1.21 bits per heavy atom. The second kappa shape index (κ2) is 32.8. The van der Waals surface area contributed by atoms with Crippen LogP contribution in [0.15, 0.2) is 85.1 Å². The van der Waals surface area contributed by atoms with Gasteiger partial charge in [-0.25, -0.2) is 0 Å². The van der Waals surface area contributed by atoms with Crippen molar-refractivity contribution in [1.29, 1.82) is 0 Å². The molecular weight excluding hydrogens is 951 g/mol. The zero-order valence-electron chi connectivity index (χ0n) is 42.8. The average molecular weight is 1040 g/mol. The summed E-state index contributed by atoms with van der Waals surface area (Å²) in [6.45, 7) is 8.43. The van der Waals surface area contributed by atoms with Crippen molar-refractivity contribution in [3.05, 3.63) is 85.1 Å². The summed E-state index contributed by atoms with van der Waals surface area (Å²) < 4.78 is 23.9. The fourth-order valence-electron chi connectivity index (χ4n) is 9.33. The lowest BCUT2D eigenvalue weighted by Gasteiger charge is -2.47. The topological polar surface area (TPSA) is 349 Å². The molecule has 416 valence electrons. The molecule has 19 atom stereocenters. The Balaban J connectivity index is 1.94. The summed E-state index contributed by atoms with van der Waals surface area (Å²) in [7, 11) is 0. The second-order valence-electron chi connectivity index (χ2n) is 19.8. The van der Waals surface area contributed by atoms with Gasteiger partial charge in [-0.3, -0.25) is 14.5 Å². The van der Waals surface area contributed by atoms with Crippen molar-refractivity contribution >= 4 is 11.9 Å². The number of hydrogen-bond acceptors (Lipinski definition) is 19. The van der Waals surface area contributed by atoms with Gasteiger partial charge in [-0.2, -0.15) is 0 Å². The van der Waals surface area contributed by atoms with Crippen LogP contribution in [0.5, 0.6) is 0 Å². The Morgan fingerprint density at radius 3 is 1.77 bits per heavy atom. The van der Waals surface area contributed by atoms with E-state index >= 15 is 0 Å². The van der Waals surface area contributed by atoms with Crippen molar-refractivity contribution < 1.29 is 84.7 Å². The molecule has 73 heavy (non-hydrogen) atoms. The number of carbonyl (C=O) groups is 2. The van der Waals surface area contributed by atoms with E-state index in [9.17, 15) is 65.8 Å². The predicted octanol–water partition coefficient (Wildman–Crippen LogP) is 0.753. The zero-order chi connectivity index (χ0) is 54.3. The number of esters is 1. The van der Waals surface area contributed by atoms with E-state index in [0.29, 0.717) is 39.0 Å². The Labute approximate surface area is 430 Å². The van der Waals surface area contributed by atoms with Crippen LogP contribution in [-0.4, -0.2) is 197 Å². The van der Waals surface area contributed by atoms with Crippen LogP contribution in [0.2, 0.25) is 0 Å². The van der Waals surface area contributed by atoms with Crippen LogP contribution in [0, 0.1) is 17.8 Å². The van der Waals surface area contributed by atoms with Crippen molar-refractivity contribution in [1.82, 2.24) is 4.90 Å². The SMILES string of the molecule is C[C@@H]1[C@H](O)[C@@H](C)/C=C/C=C/C=C/C=C/C=C/C=C/C=C/[C@H](O[C@@H]2O[C@H](C)[C@@H](O)[C@H](N(CCCN)CCCN)[C@@H]2O)CC2O[C@](O)(C[C@@H](O)[C@H](O)CC[C@@H](O)CC(O)C[C@@H](O)CC(=O)O[C@H]1C)C[C@H](O)[C@H]2C(=O)O. The highest BCUT2D eigenvalue weighted by Crippen LogP contribution is 2.38. The number of cyclic esters (lactones) is 1. The molecule has 3 rings (SSSR count). The normalized spacial score (nSPS) is 41.9. The summed E-state index contributed by atoms with van der Waals surface area (Å²) in [6.07, 6.45) is 4.86. The maximum Gasteiger partial charge on any atom is 0.311 e. The molecule has 2 fully saturated rings. The van der Waals surface area contributed by atoms with E-state index in [1.54, 1.807) is 75.5 Å². The van der Waals surface area contributed by atoms with Crippen molar-refractivity contribution in [2.24, 2.45) is 29.2 Å². The number of fused-ring (bicyclic) bond motifs is 2. The molecule has 0 aromatic rings. The third-order valence-electron chi connectivity index (χ3n) is 13.7. The highest BCUT2D eigenvalue weighted by atomic mass is 16.7. The number of carboxylic acid groups (broad SMARTS) is 1. The quantitative estimate of drug-likeness (QED) is 0.134. The first-order valence-corrected chi connectivity index (χ1v) is 25.7. The Bertz CT molecular complexity index is 1820. The molecule has 3 heterocycles. The molecule has 20 nitrogen and oxygen atoms in total. The van der Waals surface area contributed by atoms with Gasteiger partial charge < -0.3 is 86.6 Å². The zero-order valence-corrected chi connectivity index (χ0v) is 42.8. The number of aliphatic carboxylic acids is 1. The Morgan fingerprint density at radius 1 is 0.671 bits per heavy atom. The second-order valence-corrected chi connectivity index (χ2v) is 19.8. The van der Waals surface area contributed by atoms with Gasteiger partial charge in [0, 0.05) is 31.1 Å². The van der Waals surface area contributed by atoms with Crippen molar-refractivity contribution in [2.75, 3.05) is 26.2 Å². The van der Waals surface area contributed by atoms with E-state index in [0.717, 1.165) is 0 Å². The highest BCUT2D eigenvalue weighted by Gasteiger charge is 2.52. The molecule has 3 aliphatic heterocycles. The van der Waals surface area contributed by atoms with Gasteiger partial charge in [0.05, 0.1) is 79.6 Å². The molecular formula is C53H87N3O17. The minimum atomic E-state index is -2.38. The van der Waals surface area contributed by atoms with Gasteiger partial charge in [-0.15, -0.1) is 0 Å². The van der Waals surface area contributed by atoms with E-state index in [4.69, 9.17) is 30.4 Å². The molecule has 0 aromatic heterocycles. The molecule has 2 bridgehead atoms. The minimum Gasteiger partial charge on any atom is -0.481 e. The summed E-state index contributed by atoms with van der Waals surface area (Å²) in [4.78, 5) is 27.3. The predicted molar refractivity (Wildman–Crippen MR) is 272 cm³/mol. The lowest BCUT2D eigenvalue weighted by molar-refractivity contribution is -0.313. The largest absolute Gasteiger partial charge is 0.481 e. The first kappa shape index (κ1) is 63.8. The number of nitrogens with two attached hydrogens (primary N) is 2. The fraction of sp³-hybridized carbons (Fsp3) is 0.698. The van der Waals surface area contributed by atoms with Crippen molar-refractivity contribution in [3.63, 3.8) is 0 Å². The number of aliphatic hydroxyl groups excluding tert-OH is 9. The standard InChI is InChI=1S/C53H87N3O17/c1-33-19-15-13-11-9-7-5-6-8-10-12-14-16-20-40(72-52-50(66)47(49(65)36(4)71-52)56(25-17-23-54)26-18-24-55)30-44-46(51(67)68)43(62)32-53(69,73-44)31-42(61)41(60)22-21-37(57)27-38(58)28-39(59)29-45(63)70-35(3)34(2)48(33)64/h5-16,19-20,33-44,46-50,52,57-62,64-66,69H,17-18,21-32,54-55H2,1-4H3,(H,67,68)/b6-5+,9-7+,10-8+,13-11+,14-12+,19-15+,20-16+/t33-,34-,35-,36+,37+,38?,39+,40-,41+,42+,43-,44?,46+,47-,48+,49+,50-,52-,53+/m0/s1. The van der Waals surface area contributed by atoms with Gasteiger partial charge in [0.2, 0.25) is 0 Å². The lowest BCUT2D eigenvalue weighted by Crippen LogP contribution is -2.64. The van der Waals surface area contributed by atoms with Crippen LogP contribution in [0.4, 0.5) is 0 Å². The molecule has 0 aliphatic carbocycles. The summed E-state index contributed by atoms with van der Waals surface area (Å²) in [5.74, 6) is -6.92. The number of aliphatic hydroxyl groups is 10. The van der Waals surface area contributed by atoms with Crippen molar-refractivity contribution in [2.45, 2.75) is 189 Å². The summed E-state index contributed by atoms with van der Waals surface area (Å²) in [5.41, 5.74) is 11.6. The average Bonchev–Trinajstić information content (AvgIpc) is 3.31. The molecule has 15 N–H and O–H groups in total. The van der Waals surface area contributed by atoms with E-state index in [2.05, 4.69) is 0 Å². The third-order valence-corrected chi connectivity index (χ3v) is 13.7. The molecule has 0 spiro atoms. The number of allylic oxidation sites excluding steroid dienone is 12. The van der Waals surface area contributed by atoms with Crippen molar-refractivity contribution in [3.8, 4) is 0 Å². The molecule has 0 radical (unpaired) electrons. The van der Waals surface area contributed by atoms with Gasteiger partial charge in [-0.05, 0) is 78.6 Å². The first-order chi connectivity index (χ1) is 34.6. The lowest BCUT2D eigenvalue weighted by atomic mass is 9.82. The molecule has 2 saturated heterocycles. The highest BCUT2D eigenvalue weighted by molar-refractivity contribution is 5.71. The number of ether oxygens (including phenoxy) is 4. The molecule has 0 aromatic carbocycles. The smallest absolute Gasteiger partial charge is 0.311 e. The molecule has 3 aliphatic rings. The first-order valence-electron chi connectivity index (χ1n) is 25.7. The van der Waals surface area contributed by atoms with Crippen LogP contribution in [0.25, 0.3) is 0 Å². The van der Waals surface area contributed by atoms with Gasteiger partial charge in [0.1, 0.15) is 18.1 Å². The maximum absolute atomic E-state index is 12.7. The molecule has 20 heteroatoms. The summed E-state index contributed by atoms with van der Waals surface area (Å²) in [6, 6.07) is -0.869. The fourth-order valence-corrected chi connectivity index (χ4v) is 9.33. The van der Waals surface area contributed by atoms with Crippen LogP contribution in [0.1, 0.15) is 91.9 Å². The van der Waals surface area contributed by atoms with E-state index < -0.39 is 141 Å². The maximum atomic E-state index is 12.7. The number of carboxylic acids is 1.